The average molecular weight is 623 g/mol. The molecule has 1 fully saturated rings. The lowest BCUT2D eigenvalue weighted by Crippen LogP contribution is -2.37. The third kappa shape index (κ3) is 7.80. The summed E-state index contributed by atoms with van der Waals surface area (Å²) in [6.45, 7) is 8.88. The van der Waals surface area contributed by atoms with Gasteiger partial charge in [0.1, 0.15) is 5.75 Å². The molecule has 0 aliphatic carbocycles. The summed E-state index contributed by atoms with van der Waals surface area (Å²) >= 11 is 3.55. The minimum atomic E-state index is 0.186. The molecule has 4 aromatic rings. The molecule has 5 rings (SSSR count). The molecule has 1 saturated heterocycles. The van der Waals surface area contributed by atoms with Gasteiger partial charge in [-0.25, -0.2) is 4.98 Å². The van der Waals surface area contributed by atoms with E-state index < -0.39 is 0 Å². The van der Waals surface area contributed by atoms with Crippen LogP contribution >= 0.6 is 15.9 Å². The first kappa shape index (κ1) is 29.4. The number of fused-ring (bicyclic) bond motifs is 1. The number of morpholine rings is 1. The topological polar surface area (TPSA) is 94.8 Å². The standard InChI is InChI=1S/C32H40BrN5O3/c1-23-5-7-25(4-2-15-39)29(18-23)35-21-24-6-9-28-30(19-24)38(22-26-20-27(33)8-10-31(26)40)32(36-28)34-11-3-12-37-13-16-41-17-14-37/h5-10,18-20,35,39-40H,2-4,11-17,21-22H2,1H3,(H,34,36). The smallest absolute Gasteiger partial charge is 0.204 e. The van der Waals surface area contributed by atoms with Crippen LogP contribution in [0.25, 0.3) is 11.0 Å². The average Bonchev–Trinajstić information content (AvgIpc) is 3.32. The molecule has 0 amide bonds. The molecular formula is C32H40BrN5O3. The fraction of sp³-hybridized carbons (Fsp3) is 0.406. The van der Waals surface area contributed by atoms with Gasteiger partial charge in [-0.05, 0) is 85.8 Å². The second kappa shape index (κ2) is 14.2. The summed E-state index contributed by atoms with van der Waals surface area (Å²) in [5.41, 5.74) is 7.42. The monoisotopic (exact) mass is 621 g/mol. The zero-order valence-electron chi connectivity index (χ0n) is 23.7. The Morgan fingerprint density at radius 1 is 0.976 bits per heavy atom. The maximum absolute atomic E-state index is 10.6. The number of halogens is 1. The number of aliphatic hydroxyl groups excluding tert-OH is 1. The first-order valence-electron chi connectivity index (χ1n) is 14.4. The highest BCUT2D eigenvalue weighted by molar-refractivity contribution is 9.10. The molecule has 1 aliphatic rings. The van der Waals surface area contributed by atoms with Crippen LogP contribution in [0.4, 0.5) is 11.6 Å². The van der Waals surface area contributed by atoms with Crippen LogP contribution in [0.3, 0.4) is 0 Å². The van der Waals surface area contributed by atoms with E-state index in [9.17, 15) is 10.2 Å². The Bertz CT molecular complexity index is 1450. The lowest BCUT2D eigenvalue weighted by Gasteiger charge is -2.26. The van der Waals surface area contributed by atoms with Gasteiger partial charge < -0.3 is 30.2 Å². The summed E-state index contributed by atoms with van der Waals surface area (Å²) in [6, 6.07) is 18.3. The van der Waals surface area contributed by atoms with Gasteiger partial charge in [-0.3, -0.25) is 4.90 Å². The molecule has 3 aromatic carbocycles. The maximum Gasteiger partial charge on any atom is 0.204 e. The first-order chi connectivity index (χ1) is 20.0. The number of anilines is 2. The van der Waals surface area contributed by atoms with Gasteiger partial charge in [-0.15, -0.1) is 0 Å². The van der Waals surface area contributed by atoms with Crippen LogP contribution in [0.5, 0.6) is 5.75 Å². The van der Waals surface area contributed by atoms with Gasteiger partial charge in [0.2, 0.25) is 5.95 Å². The minimum absolute atomic E-state index is 0.186. The molecule has 218 valence electrons. The quantitative estimate of drug-likeness (QED) is 0.146. The van der Waals surface area contributed by atoms with E-state index in [0.717, 1.165) is 96.9 Å². The molecule has 0 unspecified atom stereocenters. The van der Waals surface area contributed by atoms with E-state index in [0.29, 0.717) is 13.1 Å². The number of hydrogen-bond acceptors (Lipinski definition) is 7. The Labute approximate surface area is 250 Å². The Morgan fingerprint density at radius 3 is 2.66 bits per heavy atom. The number of nitrogens with one attached hydrogen (secondary N) is 2. The predicted molar refractivity (Wildman–Crippen MR) is 169 cm³/mol. The van der Waals surface area contributed by atoms with Gasteiger partial charge in [0.05, 0.1) is 30.8 Å². The van der Waals surface area contributed by atoms with Crippen molar-refractivity contribution in [2.75, 3.05) is 56.6 Å². The maximum atomic E-state index is 10.6. The fourth-order valence-electron chi connectivity index (χ4n) is 5.29. The number of benzene rings is 3. The van der Waals surface area contributed by atoms with E-state index in [1.54, 1.807) is 6.07 Å². The molecule has 4 N–H and O–H groups in total. The molecule has 41 heavy (non-hydrogen) atoms. The fourth-order valence-corrected chi connectivity index (χ4v) is 5.70. The van der Waals surface area contributed by atoms with Crippen molar-refractivity contribution in [3.63, 3.8) is 0 Å². The summed E-state index contributed by atoms with van der Waals surface area (Å²) in [7, 11) is 0. The molecule has 1 aromatic heterocycles. The van der Waals surface area contributed by atoms with Gasteiger partial charge >= 0.3 is 0 Å². The molecule has 0 atom stereocenters. The Morgan fingerprint density at radius 2 is 1.83 bits per heavy atom. The number of phenols is 1. The van der Waals surface area contributed by atoms with Gasteiger partial charge in [0.25, 0.3) is 0 Å². The van der Waals surface area contributed by atoms with Gasteiger partial charge in [-0.2, -0.15) is 0 Å². The predicted octanol–water partition coefficient (Wildman–Crippen LogP) is 5.53. The molecule has 0 saturated carbocycles. The zero-order chi connectivity index (χ0) is 28.6. The van der Waals surface area contributed by atoms with Crippen LogP contribution in [0, 0.1) is 6.92 Å². The van der Waals surface area contributed by atoms with Gasteiger partial charge in [0.15, 0.2) is 0 Å². The highest BCUT2D eigenvalue weighted by Crippen LogP contribution is 2.28. The van der Waals surface area contributed by atoms with Crippen LogP contribution in [0.1, 0.15) is 35.1 Å². The minimum Gasteiger partial charge on any atom is -0.508 e. The molecule has 8 nitrogen and oxygen atoms in total. The van der Waals surface area contributed by atoms with E-state index >= 15 is 0 Å². The third-order valence-electron chi connectivity index (χ3n) is 7.57. The summed E-state index contributed by atoms with van der Waals surface area (Å²) in [5, 5.41) is 27.1. The molecular weight excluding hydrogens is 582 g/mol. The van der Waals surface area contributed by atoms with E-state index in [1.807, 2.05) is 12.1 Å². The largest absolute Gasteiger partial charge is 0.508 e. The van der Waals surface area contributed by atoms with Crippen LogP contribution in [-0.4, -0.2) is 70.7 Å². The Hall–Kier alpha value is -3.11. The Kier molecular flexibility index (Phi) is 10.2. The van der Waals surface area contributed by atoms with Crippen LogP contribution in [0.2, 0.25) is 0 Å². The second-order valence-corrected chi connectivity index (χ2v) is 11.6. The van der Waals surface area contributed by atoms with E-state index in [-0.39, 0.29) is 12.4 Å². The Balaban J connectivity index is 1.37. The lowest BCUT2D eigenvalue weighted by molar-refractivity contribution is 0.0378. The number of rotatable bonds is 13. The highest BCUT2D eigenvalue weighted by Gasteiger charge is 2.15. The third-order valence-corrected chi connectivity index (χ3v) is 8.07. The summed E-state index contributed by atoms with van der Waals surface area (Å²) < 4.78 is 8.56. The highest BCUT2D eigenvalue weighted by atomic mass is 79.9. The zero-order valence-corrected chi connectivity index (χ0v) is 25.3. The number of aromatic hydroxyl groups is 1. The van der Waals surface area contributed by atoms with Crippen molar-refractivity contribution in [1.82, 2.24) is 14.5 Å². The molecule has 9 heteroatoms. The molecule has 1 aliphatic heterocycles. The molecule has 2 heterocycles. The number of aryl methyl sites for hydroxylation is 2. The number of nitrogens with zero attached hydrogens (tertiary/aromatic N) is 3. The van der Waals surface area contributed by atoms with Crippen LogP contribution < -0.4 is 10.6 Å². The molecule has 0 radical (unpaired) electrons. The lowest BCUT2D eigenvalue weighted by atomic mass is 10.0. The molecule has 0 bridgehead atoms. The number of ether oxygens (including phenoxy) is 1. The van der Waals surface area contributed by atoms with Crippen molar-refractivity contribution in [3.05, 3.63) is 81.3 Å². The SMILES string of the molecule is Cc1ccc(CCCO)c(NCc2ccc3nc(NCCCN4CCOCC4)n(Cc4cc(Br)ccc4O)c3c2)c1. The van der Waals surface area contributed by atoms with Crippen LogP contribution in [0.15, 0.2) is 59.1 Å². The number of phenolic OH excluding ortho intramolecular Hbond substituents is 1. The van der Waals surface area contributed by atoms with Crippen molar-refractivity contribution in [3.8, 4) is 5.75 Å². The van der Waals surface area contributed by atoms with Crippen molar-refractivity contribution < 1.29 is 14.9 Å². The van der Waals surface area contributed by atoms with Crippen molar-refractivity contribution >= 4 is 38.6 Å². The van der Waals surface area contributed by atoms with Gasteiger partial charge in [0, 0.05) is 48.5 Å². The summed E-state index contributed by atoms with van der Waals surface area (Å²) in [6.07, 6.45) is 2.59. The molecule has 0 spiro atoms. The van der Waals surface area contributed by atoms with Crippen molar-refractivity contribution in [1.29, 1.82) is 0 Å². The normalized spacial score (nSPS) is 14.0. The van der Waals surface area contributed by atoms with Gasteiger partial charge in [-0.1, -0.05) is 34.1 Å². The first-order valence-corrected chi connectivity index (χ1v) is 15.2. The summed E-state index contributed by atoms with van der Waals surface area (Å²) in [4.78, 5) is 7.39. The number of aromatic nitrogens is 2. The van der Waals surface area contributed by atoms with Crippen LogP contribution in [-0.2, 0) is 24.2 Å². The second-order valence-electron chi connectivity index (χ2n) is 10.7. The van der Waals surface area contributed by atoms with E-state index in [1.165, 1.54) is 11.1 Å². The van der Waals surface area contributed by atoms with E-state index in [4.69, 9.17) is 9.72 Å². The van der Waals surface area contributed by atoms with Crippen molar-refractivity contribution in [2.24, 2.45) is 0 Å². The number of imidazole rings is 1. The van der Waals surface area contributed by atoms with Crippen molar-refractivity contribution in [2.45, 2.75) is 39.3 Å². The summed E-state index contributed by atoms with van der Waals surface area (Å²) in [5.74, 6) is 1.07. The number of hydrogen-bond donors (Lipinski definition) is 4. The van der Waals surface area contributed by atoms with E-state index in [2.05, 4.69) is 79.4 Å². The number of aliphatic hydroxyl groups is 1.